The molecule has 0 aliphatic heterocycles. The number of rotatable bonds is 9. The Morgan fingerprint density at radius 1 is 1.05 bits per heavy atom. The fraction of sp³-hybridized carbons (Fsp3) is 0.321. The molecule has 0 radical (unpaired) electrons. The van der Waals surface area contributed by atoms with Crippen molar-refractivity contribution in [2.24, 2.45) is 0 Å². The van der Waals surface area contributed by atoms with E-state index in [0.717, 1.165) is 23.2 Å². The van der Waals surface area contributed by atoms with E-state index in [2.05, 4.69) is 25.9 Å². The van der Waals surface area contributed by atoms with Crippen molar-refractivity contribution in [3.8, 4) is 0 Å². The van der Waals surface area contributed by atoms with Crippen molar-refractivity contribution in [3.63, 3.8) is 0 Å². The van der Waals surface area contributed by atoms with Crippen LogP contribution >= 0.6 is 0 Å². The zero-order valence-corrected chi connectivity index (χ0v) is 20.8. The topological polar surface area (TPSA) is 122 Å². The van der Waals surface area contributed by atoms with Gasteiger partial charge in [0.25, 0.3) is 0 Å². The van der Waals surface area contributed by atoms with E-state index < -0.39 is 12.1 Å². The van der Waals surface area contributed by atoms with Crippen molar-refractivity contribution >= 4 is 23.9 Å². The number of benzene rings is 2. The van der Waals surface area contributed by atoms with Gasteiger partial charge in [0.1, 0.15) is 12.6 Å². The summed E-state index contributed by atoms with van der Waals surface area (Å²) in [7, 11) is 0. The SMILES string of the molecule is CCCC(=O)Nc1ncc2c(n1)CCC(NC(=O)C(NC(=O)OCc1ccccc1)c1ccccc1)C2. The van der Waals surface area contributed by atoms with Crippen LogP contribution in [0, 0.1) is 0 Å². The summed E-state index contributed by atoms with van der Waals surface area (Å²) < 4.78 is 5.34. The molecule has 0 saturated carbocycles. The molecule has 9 nitrogen and oxygen atoms in total. The normalized spacial score (nSPS) is 15.1. The second-order valence-electron chi connectivity index (χ2n) is 8.96. The van der Waals surface area contributed by atoms with Crippen molar-refractivity contribution in [1.29, 1.82) is 0 Å². The first-order valence-electron chi connectivity index (χ1n) is 12.5. The third-order valence-corrected chi connectivity index (χ3v) is 6.09. The molecule has 1 aliphatic carbocycles. The predicted molar refractivity (Wildman–Crippen MR) is 138 cm³/mol. The van der Waals surface area contributed by atoms with Crippen LogP contribution < -0.4 is 16.0 Å². The van der Waals surface area contributed by atoms with Gasteiger partial charge in [-0.25, -0.2) is 14.8 Å². The summed E-state index contributed by atoms with van der Waals surface area (Å²) in [5.41, 5.74) is 3.31. The van der Waals surface area contributed by atoms with Gasteiger partial charge in [0.05, 0.1) is 0 Å². The lowest BCUT2D eigenvalue weighted by Gasteiger charge is -2.27. The molecule has 0 spiro atoms. The van der Waals surface area contributed by atoms with Crippen molar-refractivity contribution < 1.29 is 19.1 Å². The van der Waals surface area contributed by atoms with E-state index in [4.69, 9.17) is 4.74 Å². The first-order chi connectivity index (χ1) is 18.0. The summed E-state index contributed by atoms with van der Waals surface area (Å²) >= 11 is 0. The summed E-state index contributed by atoms with van der Waals surface area (Å²) in [4.78, 5) is 46.5. The zero-order valence-electron chi connectivity index (χ0n) is 20.8. The van der Waals surface area contributed by atoms with Crippen molar-refractivity contribution in [2.45, 2.75) is 57.7 Å². The average Bonchev–Trinajstić information content (AvgIpc) is 2.91. The maximum atomic E-state index is 13.3. The summed E-state index contributed by atoms with van der Waals surface area (Å²) in [6, 6.07) is 17.4. The molecule has 3 N–H and O–H groups in total. The van der Waals surface area contributed by atoms with Gasteiger partial charge in [0.15, 0.2) is 0 Å². The highest BCUT2D eigenvalue weighted by molar-refractivity contribution is 5.89. The number of carbonyl (C=O) groups is 3. The Balaban J connectivity index is 1.38. The van der Waals surface area contributed by atoms with Gasteiger partial charge >= 0.3 is 6.09 Å². The number of carbonyl (C=O) groups excluding carboxylic acids is 3. The molecule has 0 bridgehead atoms. The maximum Gasteiger partial charge on any atom is 0.408 e. The van der Waals surface area contributed by atoms with Crippen molar-refractivity contribution in [3.05, 3.63) is 89.2 Å². The minimum absolute atomic E-state index is 0.106. The van der Waals surface area contributed by atoms with Crippen LogP contribution in [0.5, 0.6) is 0 Å². The van der Waals surface area contributed by atoms with E-state index in [9.17, 15) is 14.4 Å². The third-order valence-electron chi connectivity index (χ3n) is 6.09. The number of fused-ring (bicyclic) bond motifs is 1. The van der Waals surface area contributed by atoms with Gasteiger partial charge in [-0.1, -0.05) is 67.6 Å². The fourth-order valence-electron chi connectivity index (χ4n) is 4.22. The Kier molecular flexibility index (Phi) is 8.80. The molecule has 2 aromatic carbocycles. The number of amides is 3. The van der Waals surface area contributed by atoms with Gasteiger partial charge in [-0.3, -0.25) is 14.9 Å². The molecular weight excluding hydrogens is 470 g/mol. The quantitative estimate of drug-likeness (QED) is 0.409. The summed E-state index contributed by atoms with van der Waals surface area (Å²) in [6.45, 7) is 2.05. The van der Waals surface area contributed by atoms with Crippen LogP contribution in [-0.4, -0.2) is 33.9 Å². The largest absolute Gasteiger partial charge is 0.445 e. The van der Waals surface area contributed by atoms with Gasteiger partial charge in [0, 0.05) is 24.4 Å². The highest BCUT2D eigenvalue weighted by Crippen LogP contribution is 2.22. The van der Waals surface area contributed by atoms with E-state index in [1.807, 2.05) is 55.5 Å². The maximum absolute atomic E-state index is 13.3. The number of alkyl carbamates (subject to hydrolysis) is 1. The number of ether oxygens (including phenoxy) is 1. The first-order valence-corrected chi connectivity index (χ1v) is 12.5. The number of hydrogen-bond donors (Lipinski definition) is 3. The molecule has 0 saturated heterocycles. The second-order valence-corrected chi connectivity index (χ2v) is 8.96. The van der Waals surface area contributed by atoms with Crippen LogP contribution in [-0.2, 0) is 33.8 Å². The van der Waals surface area contributed by atoms with Crippen LogP contribution in [0.25, 0.3) is 0 Å². The van der Waals surface area contributed by atoms with Crippen LogP contribution in [0.1, 0.15) is 54.6 Å². The molecule has 3 aromatic rings. The van der Waals surface area contributed by atoms with Crippen LogP contribution in [0.3, 0.4) is 0 Å². The lowest BCUT2D eigenvalue weighted by Crippen LogP contribution is -2.46. The number of nitrogens with one attached hydrogen (secondary N) is 3. The van der Waals surface area contributed by atoms with Gasteiger partial charge < -0.3 is 15.4 Å². The number of nitrogens with zero attached hydrogens (tertiary/aromatic N) is 2. The van der Waals surface area contributed by atoms with Crippen LogP contribution in [0.4, 0.5) is 10.7 Å². The number of anilines is 1. The van der Waals surface area contributed by atoms with Gasteiger partial charge in [0.2, 0.25) is 17.8 Å². The second kappa shape index (κ2) is 12.6. The van der Waals surface area contributed by atoms with E-state index in [1.165, 1.54) is 0 Å². The standard InChI is InChI=1S/C28H31N5O4/c1-2-9-24(34)32-27-29-17-21-16-22(14-15-23(21)31-27)30-26(35)25(20-12-7-4-8-13-20)33-28(36)37-18-19-10-5-3-6-11-19/h3-8,10-13,17,22,25H,2,9,14-16,18H2,1H3,(H,30,35)(H,33,36)(H,29,31,32,34). The highest BCUT2D eigenvalue weighted by atomic mass is 16.5. The Bertz CT molecular complexity index is 1220. The van der Waals surface area contributed by atoms with Crippen LogP contribution in [0.15, 0.2) is 66.9 Å². The monoisotopic (exact) mass is 501 g/mol. The molecule has 4 rings (SSSR count). The molecule has 192 valence electrons. The van der Waals surface area contributed by atoms with Gasteiger partial charge in [-0.05, 0) is 42.4 Å². The van der Waals surface area contributed by atoms with E-state index in [0.29, 0.717) is 37.2 Å². The summed E-state index contributed by atoms with van der Waals surface area (Å²) in [5, 5.41) is 8.50. The predicted octanol–water partition coefficient (Wildman–Crippen LogP) is 3.86. The van der Waals surface area contributed by atoms with Crippen LogP contribution in [0.2, 0.25) is 0 Å². The fourth-order valence-corrected chi connectivity index (χ4v) is 4.22. The molecule has 2 unspecified atom stereocenters. The van der Waals surface area contributed by atoms with Crippen molar-refractivity contribution in [1.82, 2.24) is 20.6 Å². The number of hydrogen-bond acceptors (Lipinski definition) is 6. The molecular formula is C28H31N5O4. The average molecular weight is 502 g/mol. The number of aromatic nitrogens is 2. The van der Waals surface area contributed by atoms with Crippen molar-refractivity contribution in [2.75, 3.05) is 5.32 Å². The lowest BCUT2D eigenvalue weighted by atomic mass is 9.92. The highest BCUT2D eigenvalue weighted by Gasteiger charge is 2.28. The Morgan fingerprint density at radius 2 is 1.78 bits per heavy atom. The molecule has 3 amide bonds. The molecule has 9 heteroatoms. The molecule has 1 heterocycles. The molecule has 2 atom stereocenters. The Labute approximate surface area is 216 Å². The summed E-state index contributed by atoms with van der Waals surface area (Å²) in [6.07, 6.45) is 4.08. The first kappa shape index (κ1) is 25.8. The third kappa shape index (κ3) is 7.36. The van der Waals surface area contributed by atoms with E-state index in [-0.39, 0.29) is 24.5 Å². The molecule has 0 fully saturated rings. The van der Waals surface area contributed by atoms with E-state index in [1.54, 1.807) is 18.3 Å². The van der Waals surface area contributed by atoms with E-state index >= 15 is 0 Å². The van der Waals surface area contributed by atoms with Gasteiger partial charge in [-0.15, -0.1) is 0 Å². The summed E-state index contributed by atoms with van der Waals surface area (Å²) in [5.74, 6) is -0.118. The lowest BCUT2D eigenvalue weighted by molar-refractivity contribution is -0.124. The Morgan fingerprint density at radius 3 is 2.51 bits per heavy atom. The minimum Gasteiger partial charge on any atom is -0.445 e. The molecule has 1 aromatic heterocycles. The van der Waals surface area contributed by atoms with Gasteiger partial charge in [-0.2, -0.15) is 0 Å². The molecule has 37 heavy (non-hydrogen) atoms. The zero-order chi connectivity index (χ0) is 26.0. The Hall–Kier alpha value is -4.27. The molecule has 1 aliphatic rings. The smallest absolute Gasteiger partial charge is 0.408 e. The minimum atomic E-state index is -0.904. The number of aryl methyl sites for hydroxylation is 1.